The van der Waals surface area contributed by atoms with E-state index in [1.165, 1.54) is 0 Å². The van der Waals surface area contributed by atoms with Gasteiger partial charge in [0.2, 0.25) is 0 Å². The molecule has 4 nitrogen and oxygen atoms in total. The minimum Gasteiger partial charge on any atom is -0.346 e. The molecule has 1 aliphatic rings. The third kappa shape index (κ3) is 6.10. The standard InChI is InChI=1S/C14H23N3OS.2ClH/c1-9(2)6-13-16-12(8-19-13)14(18)17-11-7-15-5-4-10(11)3;;/h8-11,15H,4-7H2,1-3H3,(H,17,18);2*1H. The van der Waals surface area contributed by atoms with E-state index in [4.69, 9.17) is 0 Å². The molecule has 0 spiro atoms. The van der Waals surface area contributed by atoms with Gasteiger partial charge in [-0.2, -0.15) is 0 Å². The normalized spacial score (nSPS) is 21.3. The maximum absolute atomic E-state index is 12.2. The first kappa shape index (κ1) is 20.6. The van der Waals surface area contributed by atoms with Gasteiger partial charge in [0.1, 0.15) is 5.69 Å². The average molecular weight is 354 g/mol. The van der Waals surface area contributed by atoms with Crippen LogP contribution in [0.3, 0.4) is 0 Å². The highest BCUT2D eigenvalue weighted by Crippen LogP contribution is 2.16. The Balaban J connectivity index is 0.00000200. The quantitative estimate of drug-likeness (QED) is 0.874. The van der Waals surface area contributed by atoms with E-state index in [2.05, 4.69) is 36.4 Å². The number of amides is 1. The summed E-state index contributed by atoms with van der Waals surface area (Å²) in [5, 5.41) is 9.34. The Morgan fingerprint density at radius 3 is 2.86 bits per heavy atom. The first-order valence-electron chi connectivity index (χ1n) is 7.02. The molecule has 0 bridgehead atoms. The molecule has 0 aliphatic carbocycles. The number of nitrogens with zero attached hydrogens (tertiary/aromatic N) is 1. The molecule has 1 amide bonds. The van der Waals surface area contributed by atoms with Crippen LogP contribution >= 0.6 is 36.2 Å². The molecule has 7 heteroatoms. The molecular formula is C14H25Cl2N3OS. The molecule has 1 aromatic rings. The largest absolute Gasteiger partial charge is 0.346 e. The number of halogens is 2. The fourth-order valence-corrected chi connectivity index (χ4v) is 3.27. The molecule has 2 heterocycles. The molecule has 2 rings (SSSR count). The van der Waals surface area contributed by atoms with Gasteiger partial charge < -0.3 is 10.6 Å². The second-order valence-electron chi connectivity index (χ2n) is 5.77. The topological polar surface area (TPSA) is 54.0 Å². The van der Waals surface area contributed by atoms with Gasteiger partial charge in [-0.05, 0) is 24.8 Å². The fraction of sp³-hybridized carbons (Fsp3) is 0.714. The lowest BCUT2D eigenvalue weighted by Gasteiger charge is -2.29. The third-order valence-electron chi connectivity index (χ3n) is 3.51. The summed E-state index contributed by atoms with van der Waals surface area (Å²) in [6.45, 7) is 8.42. The third-order valence-corrected chi connectivity index (χ3v) is 4.38. The van der Waals surface area contributed by atoms with E-state index in [1.54, 1.807) is 11.3 Å². The Morgan fingerprint density at radius 1 is 1.52 bits per heavy atom. The van der Waals surface area contributed by atoms with Gasteiger partial charge in [-0.15, -0.1) is 36.2 Å². The lowest BCUT2D eigenvalue weighted by molar-refractivity contribution is 0.0910. The number of carbonyl (C=O) groups is 1. The first-order chi connectivity index (χ1) is 9.06. The molecule has 0 saturated carbocycles. The SMILES string of the molecule is CC(C)Cc1nc(C(=O)NC2CNCCC2C)cs1.Cl.Cl. The Hall–Kier alpha value is -0.360. The van der Waals surface area contributed by atoms with Crippen molar-refractivity contribution in [3.63, 3.8) is 0 Å². The van der Waals surface area contributed by atoms with Crippen molar-refractivity contribution in [2.75, 3.05) is 13.1 Å². The fourth-order valence-electron chi connectivity index (χ4n) is 2.28. The zero-order chi connectivity index (χ0) is 13.8. The van der Waals surface area contributed by atoms with E-state index in [9.17, 15) is 4.79 Å². The molecule has 2 atom stereocenters. The van der Waals surface area contributed by atoms with E-state index in [1.807, 2.05) is 5.38 Å². The van der Waals surface area contributed by atoms with Crippen LogP contribution in [0.15, 0.2) is 5.38 Å². The molecular weight excluding hydrogens is 329 g/mol. The minimum atomic E-state index is -0.0354. The van der Waals surface area contributed by atoms with Gasteiger partial charge in [0.25, 0.3) is 5.91 Å². The minimum absolute atomic E-state index is 0. The van der Waals surface area contributed by atoms with Crippen molar-refractivity contribution in [3.05, 3.63) is 16.1 Å². The van der Waals surface area contributed by atoms with Gasteiger partial charge >= 0.3 is 0 Å². The van der Waals surface area contributed by atoms with Crippen molar-refractivity contribution >= 4 is 42.1 Å². The zero-order valence-corrected chi connectivity index (χ0v) is 15.2. The summed E-state index contributed by atoms with van der Waals surface area (Å²) in [7, 11) is 0. The molecule has 1 saturated heterocycles. The summed E-state index contributed by atoms with van der Waals surface area (Å²) < 4.78 is 0. The summed E-state index contributed by atoms with van der Waals surface area (Å²) in [4.78, 5) is 16.6. The van der Waals surface area contributed by atoms with Crippen LogP contribution in [0.25, 0.3) is 0 Å². The number of nitrogens with one attached hydrogen (secondary N) is 2. The van der Waals surface area contributed by atoms with Crippen molar-refractivity contribution in [1.29, 1.82) is 0 Å². The highest BCUT2D eigenvalue weighted by atomic mass is 35.5. The second kappa shape index (κ2) is 9.62. The van der Waals surface area contributed by atoms with Crippen LogP contribution in [-0.2, 0) is 6.42 Å². The van der Waals surface area contributed by atoms with Gasteiger partial charge in [-0.3, -0.25) is 4.79 Å². The van der Waals surface area contributed by atoms with Crippen molar-refractivity contribution in [2.24, 2.45) is 11.8 Å². The molecule has 1 fully saturated rings. The maximum Gasteiger partial charge on any atom is 0.271 e. The van der Waals surface area contributed by atoms with Crippen LogP contribution in [0.5, 0.6) is 0 Å². The van der Waals surface area contributed by atoms with Gasteiger partial charge in [0, 0.05) is 24.4 Å². The molecule has 2 unspecified atom stereocenters. The predicted octanol–water partition coefficient (Wildman–Crippen LogP) is 2.91. The van der Waals surface area contributed by atoms with Gasteiger partial charge in [0.05, 0.1) is 5.01 Å². The lowest BCUT2D eigenvalue weighted by Crippen LogP contribution is -2.50. The molecule has 122 valence electrons. The Bertz CT molecular complexity index is 440. The van der Waals surface area contributed by atoms with E-state index >= 15 is 0 Å². The number of hydrogen-bond donors (Lipinski definition) is 2. The average Bonchev–Trinajstić information content (AvgIpc) is 2.79. The van der Waals surface area contributed by atoms with Crippen molar-refractivity contribution in [3.8, 4) is 0 Å². The number of aromatic nitrogens is 1. The van der Waals surface area contributed by atoms with Gasteiger partial charge in [0.15, 0.2) is 0 Å². The number of rotatable bonds is 4. The van der Waals surface area contributed by atoms with Crippen LogP contribution in [0, 0.1) is 11.8 Å². The van der Waals surface area contributed by atoms with Crippen LogP contribution in [0.2, 0.25) is 0 Å². The zero-order valence-electron chi connectivity index (χ0n) is 12.7. The molecule has 1 aromatic heterocycles. The van der Waals surface area contributed by atoms with Crippen molar-refractivity contribution in [2.45, 2.75) is 39.7 Å². The molecule has 1 aliphatic heterocycles. The Kier molecular flexibility index (Phi) is 9.45. The van der Waals surface area contributed by atoms with E-state index in [0.717, 1.165) is 30.9 Å². The number of carbonyl (C=O) groups excluding carboxylic acids is 1. The number of thiazole rings is 1. The monoisotopic (exact) mass is 353 g/mol. The Labute approximate surface area is 143 Å². The molecule has 2 N–H and O–H groups in total. The van der Waals surface area contributed by atoms with Crippen molar-refractivity contribution < 1.29 is 4.79 Å². The first-order valence-corrected chi connectivity index (χ1v) is 7.90. The highest BCUT2D eigenvalue weighted by Gasteiger charge is 2.23. The summed E-state index contributed by atoms with van der Waals surface area (Å²) in [6.07, 6.45) is 2.06. The summed E-state index contributed by atoms with van der Waals surface area (Å²) in [5.41, 5.74) is 0.568. The number of hydrogen-bond acceptors (Lipinski definition) is 4. The van der Waals surface area contributed by atoms with Crippen LogP contribution in [0.4, 0.5) is 0 Å². The van der Waals surface area contributed by atoms with Gasteiger partial charge in [-0.25, -0.2) is 4.98 Å². The maximum atomic E-state index is 12.2. The van der Waals surface area contributed by atoms with Crippen LogP contribution in [-0.4, -0.2) is 30.0 Å². The Morgan fingerprint density at radius 2 is 2.24 bits per heavy atom. The molecule has 0 radical (unpaired) electrons. The van der Waals surface area contributed by atoms with Gasteiger partial charge in [-0.1, -0.05) is 20.8 Å². The van der Waals surface area contributed by atoms with E-state index in [-0.39, 0.29) is 36.8 Å². The molecule has 21 heavy (non-hydrogen) atoms. The second-order valence-corrected chi connectivity index (χ2v) is 6.72. The van der Waals surface area contributed by atoms with E-state index < -0.39 is 0 Å². The van der Waals surface area contributed by atoms with E-state index in [0.29, 0.717) is 17.5 Å². The van der Waals surface area contributed by atoms with Crippen LogP contribution in [0.1, 0.15) is 42.7 Å². The highest BCUT2D eigenvalue weighted by molar-refractivity contribution is 7.09. The summed E-state index contributed by atoms with van der Waals surface area (Å²) in [6, 6.07) is 0.219. The van der Waals surface area contributed by atoms with Crippen LogP contribution < -0.4 is 10.6 Å². The number of piperidine rings is 1. The molecule has 0 aromatic carbocycles. The van der Waals surface area contributed by atoms with Crippen molar-refractivity contribution in [1.82, 2.24) is 15.6 Å². The lowest BCUT2D eigenvalue weighted by atomic mass is 9.95. The summed E-state index contributed by atoms with van der Waals surface area (Å²) in [5.74, 6) is 1.07. The summed E-state index contributed by atoms with van der Waals surface area (Å²) >= 11 is 1.58. The smallest absolute Gasteiger partial charge is 0.271 e. The predicted molar refractivity (Wildman–Crippen MR) is 93.1 cm³/mol.